The smallest absolute Gasteiger partial charge is 0.322 e. The molecule has 0 saturated carbocycles. The number of rotatable bonds is 4. The molecular weight excluding hydrogens is 350 g/mol. The van der Waals surface area contributed by atoms with Crippen molar-refractivity contribution in [3.05, 3.63) is 89.4 Å². The van der Waals surface area contributed by atoms with Gasteiger partial charge < -0.3 is 16.0 Å². The SMILES string of the molecule is O=C(Nc1ccccc1)Nc1ccc(C(=O)Nc2ccc(Cl)cc2)cc1. The Morgan fingerprint density at radius 3 is 1.73 bits per heavy atom. The lowest BCUT2D eigenvalue weighted by molar-refractivity contribution is 0.102. The molecule has 0 heterocycles. The van der Waals surface area contributed by atoms with Crippen LogP contribution in [0.1, 0.15) is 10.4 Å². The zero-order valence-corrected chi connectivity index (χ0v) is 14.5. The van der Waals surface area contributed by atoms with Crippen molar-refractivity contribution in [2.45, 2.75) is 0 Å². The normalized spacial score (nSPS) is 10.0. The first-order valence-electron chi connectivity index (χ1n) is 7.90. The van der Waals surface area contributed by atoms with Gasteiger partial charge in [0.15, 0.2) is 0 Å². The van der Waals surface area contributed by atoms with Crippen molar-refractivity contribution in [1.29, 1.82) is 0 Å². The molecule has 0 bridgehead atoms. The summed E-state index contributed by atoms with van der Waals surface area (Å²) in [4.78, 5) is 24.2. The first-order valence-corrected chi connectivity index (χ1v) is 8.28. The van der Waals surface area contributed by atoms with Crippen LogP contribution in [-0.4, -0.2) is 11.9 Å². The molecule has 0 unspecified atom stereocenters. The zero-order valence-electron chi connectivity index (χ0n) is 13.7. The van der Waals surface area contributed by atoms with E-state index in [1.165, 1.54) is 0 Å². The minimum absolute atomic E-state index is 0.243. The Hall–Kier alpha value is -3.31. The molecule has 3 aromatic rings. The molecule has 0 saturated heterocycles. The fraction of sp³-hybridized carbons (Fsp3) is 0. The maximum atomic E-state index is 12.2. The van der Waals surface area contributed by atoms with Crippen LogP contribution in [0.15, 0.2) is 78.9 Å². The summed E-state index contributed by atoms with van der Waals surface area (Å²) in [6.07, 6.45) is 0. The van der Waals surface area contributed by atoms with Gasteiger partial charge in [-0.25, -0.2) is 4.79 Å². The van der Waals surface area contributed by atoms with Crippen molar-refractivity contribution >= 4 is 40.6 Å². The zero-order chi connectivity index (χ0) is 18.4. The second-order valence-electron chi connectivity index (χ2n) is 5.48. The third-order valence-corrected chi connectivity index (χ3v) is 3.79. The second-order valence-corrected chi connectivity index (χ2v) is 5.92. The highest BCUT2D eigenvalue weighted by atomic mass is 35.5. The number of hydrogen-bond donors (Lipinski definition) is 3. The van der Waals surface area contributed by atoms with Crippen molar-refractivity contribution in [1.82, 2.24) is 0 Å². The summed E-state index contributed by atoms with van der Waals surface area (Å²) in [6.45, 7) is 0. The van der Waals surface area contributed by atoms with Crippen LogP contribution in [0.2, 0.25) is 5.02 Å². The lowest BCUT2D eigenvalue weighted by atomic mass is 10.2. The quantitative estimate of drug-likeness (QED) is 0.592. The largest absolute Gasteiger partial charge is 0.323 e. The number of urea groups is 1. The molecule has 0 spiro atoms. The van der Waals surface area contributed by atoms with Crippen molar-refractivity contribution in [2.24, 2.45) is 0 Å². The Bertz CT molecular complexity index is 895. The Morgan fingerprint density at radius 2 is 1.12 bits per heavy atom. The third kappa shape index (κ3) is 4.84. The van der Waals surface area contributed by atoms with Gasteiger partial charge in [0.2, 0.25) is 0 Å². The Kier molecular flexibility index (Phi) is 5.51. The molecular formula is C20H16ClN3O2. The standard InChI is InChI=1S/C20H16ClN3O2/c21-15-8-12-17(13-9-15)22-19(25)14-6-10-18(11-7-14)24-20(26)23-16-4-2-1-3-5-16/h1-13H,(H,22,25)(H2,23,24,26). The van der Waals surface area contributed by atoms with Gasteiger partial charge in [0.25, 0.3) is 5.91 Å². The highest BCUT2D eigenvalue weighted by Crippen LogP contribution is 2.16. The third-order valence-electron chi connectivity index (χ3n) is 3.54. The minimum Gasteiger partial charge on any atom is -0.322 e. The van der Waals surface area contributed by atoms with Crippen LogP contribution in [0.4, 0.5) is 21.9 Å². The number of amides is 3. The van der Waals surface area contributed by atoms with Crippen molar-refractivity contribution in [3.63, 3.8) is 0 Å². The molecule has 3 rings (SSSR count). The summed E-state index contributed by atoms with van der Waals surface area (Å²) in [7, 11) is 0. The highest BCUT2D eigenvalue weighted by Gasteiger charge is 2.07. The van der Waals surface area contributed by atoms with E-state index in [9.17, 15) is 9.59 Å². The van der Waals surface area contributed by atoms with Gasteiger partial charge in [0.1, 0.15) is 0 Å². The van der Waals surface area contributed by atoms with Gasteiger partial charge in [-0.3, -0.25) is 4.79 Å². The molecule has 0 aromatic heterocycles. The molecule has 0 aliphatic carbocycles. The van der Waals surface area contributed by atoms with Crippen LogP contribution < -0.4 is 16.0 Å². The van der Waals surface area contributed by atoms with Crippen molar-refractivity contribution in [3.8, 4) is 0 Å². The Balaban J connectivity index is 1.58. The summed E-state index contributed by atoms with van der Waals surface area (Å²) < 4.78 is 0. The van der Waals surface area contributed by atoms with Gasteiger partial charge in [-0.05, 0) is 60.7 Å². The van der Waals surface area contributed by atoms with Gasteiger partial charge in [0, 0.05) is 27.6 Å². The fourth-order valence-corrected chi connectivity index (χ4v) is 2.38. The predicted molar refractivity (Wildman–Crippen MR) is 105 cm³/mol. The molecule has 0 aliphatic heterocycles. The summed E-state index contributed by atoms with van der Waals surface area (Å²) in [5.41, 5.74) is 2.42. The summed E-state index contributed by atoms with van der Waals surface area (Å²) in [5, 5.41) is 8.83. The van der Waals surface area contributed by atoms with Crippen LogP contribution in [0.3, 0.4) is 0 Å². The second kappa shape index (κ2) is 8.18. The highest BCUT2D eigenvalue weighted by molar-refractivity contribution is 6.30. The fourth-order valence-electron chi connectivity index (χ4n) is 2.26. The van der Waals surface area contributed by atoms with Gasteiger partial charge in [0.05, 0.1) is 0 Å². The maximum Gasteiger partial charge on any atom is 0.323 e. The molecule has 3 amide bonds. The molecule has 130 valence electrons. The molecule has 0 atom stereocenters. The van der Waals surface area contributed by atoms with Gasteiger partial charge >= 0.3 is 6.03 Å². The molecule has 0 fully saturated rings. The van der Waals surface area contributed by atoms with Crippen LogP contribution >= 0.6 is 11.6 Å². The molecule has 5 nitrogen and oxygen atoms in total. The van der Waals surface area contributed by atoms with E-state index >= 15 is 0 Å². The van der Waals surface area contributed by atoms with Crippen LogP contribution in [0, 0.1) is 0 Å². The van der Waals surface area contributed by atoms with E-state index in [0.717, 1.165) is 0 Å². The molecule has 0 radical (unpaired) electrons. The molecule has 6 heteroatoms. The van der Waals surface area contributed by atoms with E-state index in [0.29, 0.717) is 27.6 Å². The number of para-hydroxylation sites is 1. The average Bonchev–Trinajstić information content (AvgIpc) is 2.65. The van der Waals surface area contributed by atoms with E-state index in [1.54, 1.807) is 60.7 Å². The number of halogens is 1. The number of hydrogen-bond acceptors (Lipinski definition) is 2. The lowest BCUT2D eigenvalue weighted by Crippen LogP contribution is -2.19. The van der Waals surface area contributed by atoms with E-state index in [1.807, 2.05) is 18.2 Å². The average molecular weight is 366 g/mol. The summed E-state index contributed by atoms with van der Waals surface area (Å²) >= 11 is 5.82. The number of benzene rings is 3. The summed E-state index contributed by atoms with van der Waals surface area (Å²) in [6, 6.07) is 22.3. The number of nitrogens with one attached hydrogen (secondary N) is 3. The molecule has 26 heavy (non-hydrogen) atoms. The van der Waals surface area contributed by atoms with Gasteiger partial charge in [-0.2, -0.15) is 0 Å². The van der Waals surface area contributed by atoms with Crippen LogP contribution in [-0.2, 0) is 0 Å². The number of anilines is 3. The molecule has 3 aromatic carbocycles. The van der Waals surface area contributed by atoms with Gasteiger partial charge in [-0.15, -0.1) is 0 Å². The predicted octanol–water partition coefficient (Wildman–Crippen LogP) is 5.24. The Morgan fingerprint density at radius 1 is 0.615 bits per heavy atom. The van der Waals surface area contributed by atoms with E-state index in [2.05, 4.69) is 16.0 Å². The van der Waals surface area contributed by atoms with E-state index in [4.69, 9.17) is 11.6 Å². The van der Waals surface area contributed by atoms with Crippen molar-refractivity contribution < 1.29 is 9.59 Å². The molecule has 3 N–H and O–H groups in total. The number of carbonyl (C=O) groups excluding carboxylic acids is 2. The topological polar surface area (TPSA) is 70.2 Å². The summed E-state index contributed by atoms with van der Waals surface area (Å²) in [5.74, 6) is -0.243. The van der Waals surface area contributed by atoms with Gasteiger partial charge in [-0.1, -0.05) is 29.8 Å². The maximum absolute atomic E-state index is 12.2. The minimum atomic E-state index is -0.352. The van der Waals surface area contributed by atoms with E-state index < -0.39 is 0 Å². The first kappa shape index (κ1) is 17.5. The monoisotopic (exact) mass is 365 g/mol. The van der Waals surface area contributed by atoms with Crippen LogP contribution in [0.25, 0.3) is 0 Å². The van der Waals surface area contributed by atoms with Crippen LogP contribution in [0.5, 0.6) is 0 Å². The van der Waals surface area contributed by atoms with Crippen molar-refractivity contribution in [2.75, 3.05) is 16.0 Å². The lowest BCUT2D eigenvalue weighted by Gasteiger charge is -2.09. The molecule has 0 aliphatic rings. The van der Waals surface area contributed by atoms with E-state index in [-0.39, 0.29) is 11.9 Å². The number of carbonyl (C=O) groups is 2. The first-order chi connectivity index (χ1) is 12.6. The Labute approximate surface area is 156 Å².